The predicted octanol–water partition coefficient (Wildman–Crippen LogP) is 1.90. The van der Waals surface area contributed by atoms with Crippen molar-refractivity contribution in [3.05, 3.63) is 45.3 Å². The van der Waals surface area contributed by atoms with Crippen molar-refractivity contribution >= 4 is 32.0 Å². The van der Waals surface area contributed by atoms with Gasteiger partial charge in [-0.3, -0.25) is 13.9 Å². The molecule has 8 nitrogen and oxygen atoms in total. The van der Waals surface area contributed by atoms with E-state index in [9.17, 15) is 13.2 Å². The standard InChI is InChI=1S/C15H13N3O5S2/c1-8-6-18-14(19)13(9(2)16-15(18)24-8)25(20,21)17-10-3-4-11-12(5-10)23-7-22-11/h3-6,17H,7H2,1-2H3. The van der Waals surface area contributed by atoms with Crippen LogP contribution in [0.3, 0.4) is 0 Å². The number of benzene rings is 1. The molecule has 0 amide bonds. The Morgan fingerprint density at radius 1 is 1.24 bits per heavy atom. The number of fused-ring (bicyclic) bond motifs is 2. The molecule has 0 spiro atoms. The van der Waals surface area contributed by atoms with Crippen LogP contribution < -0.4 is 19.8 Å². The summed E-state index contributed by atoms with van der Waals surface area (Å²) in [4.78, 5) is 17.8. The number of aromatic nitrogens is 2. The number of nitrogens with one attached hydrogen (secondary N) is 1. The third-order valence-corrected chi connectivity index (χ3v) is 6.08. The molecule has 0 bridgehead atoms. The first-order valence-corrected chi connectivity index (χ1v) is 9.57. The average Bonchev–Trinajstić information content (AvgIpc) is 3.11. The molecule has 1 aliphatic rings. The van der Waals surface area contributed by atoms with E-state index >= 15 is 0 Å². The second-order valence-electron chi connectivity index (χ2n) is 5.50. The summed E-state index contributed by atoms with van der Waals surface area (Å²) in [5.41, 5.74) is -0.199. The minimum atomic E-state index is -4.11. The van der Waals surface area contributed by atoms with Crippen molar-refractivity contribution in [3.63, 3.8) is 0 Å². The van der Waals surface area contributed by atoms with Gasteiger partial charge >= 0.3 is 0 Å². The number of rotatable bonds is 3. The van der Waals surface area contributed by atoms with Crippen molar-refractivity contribution in [1.29, 1.82) is 0 Å². The van der Waals surface area contributed by atoms with Gasteiger partial charge < -0.3 is 9.47 Å². The van der Waals surface area contributed by atoms with Crippen LogP contribution in [-0.4, -0.2) is 24.6 Å². The molecule has 4 rings (SSSR count). The van der Waals surface area contributed by atoms with E-state index in [1.807, 2.05) is 6.92 Å². The Bertz CT molecular complexity index is 1160. The van der Waals surface area contributed by atoms with E-state index in [-0.39, 0.29) is 23.1 Å². The summed E-state index contributed by atoms with van der Waals surface area (Å²) >= 11 is 1.32. The molecule has 0 atom stereocenters. The Morgan fingerprint density at radius 3 is 2.80 bits per heavy atom. The lowest BCUT2D eigenvalue weighted by molar-refractivity contribution is 0.174. The first kappa shape index (κ1) is 15.9. The SMILES string of the molecule is Cc1cn2c(=O)c(S(=O)(=O)Nc3ccc4c(c3)OCO4)c(C)nc2s1. The van der Waals surface area contributed by atoms with Crippen molar-refractivity contribution in [2.45, 2.75) is 18.7 Å². The minimum absolute atomic E-state index is 0.0874. The van der Waals surface area contributed by atoms with Crippen molar-refractivity contribution in [3.8, 4) is 11.5 Å². The number of hydrogen-bond donors (Lipinski definition) is 1. The summed E-state index contributed by atoms with van der Waals surface area (Å²) in [6.45, 7) is 3.42. The molecule has 0 unspecified atom stereocenters. The fourth-order valence-electron chi connectivity index (χ4n) is 2.61. The highest BCUT2D eigenvalue weighted by atomic mass is 32.2. The maximum atomic E-state index is 12.8. The largest absolute Gasteiger partial charge is 0.454 e. The minimum Gasteiger partial charge on any atom is -0.454 e. The molecule has 3 aromatic rings. The number of anilines is 1. The topological polar surface area (TPSA) is 99.0 Å². The smallest absolute Gasteiger partial charge is 0.279 e. The Hall–Kier alpha value is -2.59. The van der Waals surface area contributed by atoms with Crippen LogP contribution in [0.1, 0.15) is 10.6 Å². The monoisotopic (exact) mass is 379 g/mol. The summed E-state index contributed by atoms with van der Waals surface area (Å²) in [7, 11) is -4.11. The van der Waals surface area contributed by atoms with Gasteiger partial charge in [0.25, 0.3) is 15.6 Å². The van der Waals surface area contributed by atoms with E-state index in [1.54, 1.807) is 18.3 Å². The molecule has 130 valence electrons. The van der Waals surface area contributed by atoms with Crippen molar-refractivity contribution in [2.75, 3.05) is 11.5 Å². The van der Waals surface area contributed by atoms with E-state index < -0.39 is 15.6 Å². The Morgan fingerprint density at radius 2 is 2.00 bits per heavy atom. The highest BCUT2D eigenvalue weighted by molar-refractivity contribution is 7.92. The fourth-order valence-corrected chi connectivity index (χ4v) is 4.78. The van der Waals surface area contributed by atoms with Gasteiger partial charge in [-0.2, -0.15) is 0 Å². The lowest BCUT2D eigenvalue weighted by atomic mass is 10.3. The summed E-state index contributed by atoms with van der Waals surface area (Å²) in [5.74, 6) is 0.978. The molecular formula is C15H13N3O5S2. The highest BCUT2D eigenvalue weighted by Crippen LogP contribution is 2.34. The quantitative estimate of drug-likeness (QED) is 0.746. The van der Waals surface area contributed by atoms with Gasteiger partial charge in [-0.1, -0.05) is 0 Å². The lowest BCUT2D eigenvalue weighted by Crippen LogP contribution is -2.27. The first-order valence-electron chi connectivity index (χ1n) is 7.27. The number of thiazole rings is 1. The zero-order valence-corrected chi connectivity index (χ0v) is 14.9. The molecule has 10 heteroatoms. The van der Waals surface area contributed by atoms with Crippen LogP contribution >= 0.6 is 11.3 Å². The molecule has 0 aliphatic carbocycles. The van der Waals surface area contributed by atoms with E-state index in [1.165, 1.54) is 28.7 Å². The van der Waals surface area contributed by atoms with E-state index in [0.29, 0.717) is 16.5 Å². The van der Waals surface area contributed by atoms with E-state index in [4.69, 9.17) is 9.47 Å². The third-order valence-electron chi connectivity index (χ3n) is 3.67. The summed E-state index contributed by atoms with van der Waals surface area (Å²) in [6.07, 6.45) is 1.58. The predicted molar refractivity (Wildman–Crippen MR) is 92.2 cm³/mol. The van der Waals surface area contributed by atoms with Crippen molar-refractivity contribution in [1.82, 2.24) is 9.38 Å². The molecule has 0 saturated carbocycles. The average molecular weight is 379 g/mol. The van der Waals surface area contributed by atoms with Gasteiger partial charge in [-0.05, 0) is 26.0 Å². The van der Waals surface area contributed by atoms with Crippen LogP contribution in [0.4, 0.5) is 5.69 Å². The van der Waals surface area contributed by atoms with Gasteiger partial charge in [0.15, 0.2) is 21.4 Å². The van der Waals surface area contributed by atoms with Crippen molar-refractivity contribution in [2.24, 2.45) is 0 Å². The number of aryl methyl sites for hydroxylation is 2. The zero-order chi connectivity index (χ0) is 17.8. The number of hydrogen-bond acceptors (Lipinski definition) is 7. The Kier molecular flexibility index (Phi) is 3.48. The number of nitrogens with zero attached hydrogens (tertiary/aromatic N) is 2. The van der Waals surface area contributed by atoms with Crippen LogP contribution in [0.5, 0.6) is 11.5 Å². The lowest BCUT2D eigenvalue weighted by Gasteiger charge is -2.10. The Balaban J connectivity index is 1.80. The summed E-state index contributed by atoms with van der Waals surface area (Å²) < 4.78 is 39.6. The Labute approximate surface area is 146 Å². The van der Waals surface area contributed by atoms with Crippen LogP contribution in [0, 0.1) is 13.8 Å². The molecule has 25 heavy (non-hydrogen) atoms. The molecule has 1 N–H and O–H groups in total. The maximum Gasteiger partial charge on any atom is 0.279 e. The van der Waals surface area contributed by atoms with Crippen LogP contribution in [0.15, 0.2) is 34.1 Å². The van der Waals surface area contributed by atoms with Crippen LogP contribution in [-0.2, 0) is 10.0 Å². The molecule has 1 aliphatic heterocycles. The number of ether oxygens (including phenoxy) is 2. The fraction of sp³-hybridized carbons (Fsp3) is 0.200. The van der Waals surface area contributed by atoms with Gasteiger partial charge in [-0.15, -0.1) is 11.3 Å². The van der Waals surface area contributed by atoms with Crippen LogP contribution in [0.2, 0.25) is 0 Å². The number of sulfonamides is 1. The molecule has 3 heterocycles. The highest BCUT2D eigenvalue weighted by Gasteiger charge is 2.25. The second kappa shape index (κ2) is 5.46. The first-order chi connectivity index (χ1) is 11.8. The summed E-state index contributed by atoms with van der Waals surface area (Å²) in [6, 6.07) is 4.65. The molecule has 0 fully saturated rings. The van der Waals surface area contributed by atoms with Gasteiger partial charge in [0.05, 0.1) is 11.4 Å². The van der Waals surface area contributed by atoms with E-state index in [2.05, 4.69) is 9.71 Å². The summed E-state index contributed by atoms with van der Waals surface area (Å²) in [5, 5.41) is 0. The van der Waals surface area contributed by atoms with Gasteiger partial charge in [0.2, 0.25) is 6.79 Å². The van der Waals surface area contributed by atoms with Gasteiger partial charge in [-0.25, -0.2) is 13.4 Å². The normalized spacial score (nSPS) is 13.4. The van der Waals surface area contributed by atoms with Crippen LogP contribution in [0.25, 0.3) is 4.96 Å². The molecule has 0 radical (unpaired) electrons. The van der Waals surface area contributed by atoms with Gasteiger partial charge in [0, 0.05) is 17.1 Å². The molecule has 2 aromatic heterocycles. The second-order valence-corrected chi connectivity index (χ2v) is 8.33. The van der Waals surface area contributed by atoms with Crippen molar-refractivity contribution < 1.29 is 17.9 Å². The molecule has 0 saturated heterocycles. The zero-order valence-electron chi connectivity index (χ0n) is 13.3. The van der Waals surface area contributed by atoms with E-state index in [0.717, 1.165) is 4.88 Å². The molecule has 1 aromatic carbocycles. The maximum absolute atomic E-state index is 12.8. The third kappa shape index (κ3) is 2.63. The van der Waals surface area contributed by atoms with Gasteiger partial charge in [0.1, 0.15) is 0 Å². The molecular weight excluding hydrogens is 366 g/mol.